The van der Waals surface area contributed by atoms with Crippen molar-refractivity contribution in [1.29, 1.82) is 0 Å². The minimum atomic E-state index is 0. The predicted molar refractivity (Wildman–Crippen MR) is 16.4 cm³/mol. The van der Waals surface area contributed by atoms with Crippen molar-refractivity contribution >= 4 is 103 Å². The first-order chi connectivity index (χ1) is 0. The fourth-order valence-electron chi connectivity index (χ4n) is 0. The van der Waals surface area contributed by atoms with E-state index in [2.05, 4.69) is 0 Å². The third-order valence-electron chi connectivity index (χ3n) is 0. The first kappa shape index (κ1) is 66.2. The zero-order valence-corrected chi connectivity index (χ0v) is 4.14. The monoisotopic (exact) mass is 240 g/mol. The summed E-state index contributed by atoms with van der Waals surface area (Å²) in [6.07, 6.45) is 0. The Morgan fingerprint density at radius 1 is 0.429 bits per heavy atom. The van der Waals surface area contributed by atoms with Gasteiger partial charge in [-0.25, -0.2) is 0 Å². The summed E-state index contributed by atoms with van der Waals surface area (Å²) in [5, 5.41) is 0. The molecule has 38 valence electrons. The molecule has 0 fully saturated rings. The van der Waals surface area contributed by atoms with Gasteiger partial charge in [-0.15, -0.1) is 0 Å². The number of rotatable bonds is 0. The molecule has 2 radical (unpaired) electrons. The van der Waals surface area contributed by atoms with Gasteiger partial charge in [-0.2, -0.15) is 0 Å². The van der Waals surface area contributed by atoms with Crippen molar-refractivity contribution in [2.45, 2.75) is 0 Å². The average Bonchev–Trinajstić information content (AvgIpc) is 0. The molecule has 0 aliphatic carbocycles. The molecule has 0 aliphatic rings. The van der Waals surface area contributed by atoms with E-state index in [1.165, 1.54) is 0 Å². The van der Waals surface area contributed by atoms with Crippen LogP contribution in [0.5, 0.6) is 0 Å². The summed E-state index contributed by atoms with van der Waals surface area (Å²) in [5.74, 6) is 0. The Balaban J connectivity index is 0. The molecular formula is H2Fe2K2O3. The molecule has 0 aliphatic heterocycles. The zero-order chi connectivity index (χ0) is 0. The second-order valence-corrected chi connectivity index (χ2v) is 0. The Labute approximate surface area is 149 Å². The van der Waals surface area contributed by atoms with Crippen LogP contribution in [0.1, 0.15) is 0 Å². The summed E-state index contributed by atoms with van der Waals surface area (Å²) in [5.41, 5.74) is 0. The average molecular weight is 240 g/mol. The van der Waals surface area contributed by atoms with Gasteiger partial charge in [-0.05, 0) is 0 Å². The van der Waals surface area contributed by atoms with Crippen LogP contribution in [0.3, 0.4) is 0 Å². The molecule has 0 heterocycles. The molecule has 0 atom stereocenters. The van der Waals surface area contributed by atoms with Gasteiger partial charge in [0.15, 0.2) is 0 Å². The summed E-state index contributed by atoms with van der Waals surface area (Å²) < 4.78 is 0. The van der Waals surface area contributed by atoms with Crippen LogP contribution in [-0.4, -0.2) is 103 Å². The fraction of sp³-hybridized carbons (Fsp3) is 0. The van der Waals surface area contributed by atoms with Gasteiger partial charge in [0.25, 0.3) is 0 Å². The van der Waals surface area contributed by atoms with Gasteiger partial charge in [0, 0.05) is 0 Å². The Bertz CT molecular complexity index is 10.9. The molecule has 3 nitrogen and oxygen atoms in total. The summed E-state index contributed by atoms with van der Waals surface area (Å²) in [6.45, 7) is 0. The molecule has 7 heteroatoms. The van der Waals surface area contributed by atoms with Crippen molar-refractivity contribution in [2.75, 3.05) is 0 Å². The van der Waals surface area contributed by atoms with E-state index in [1.807, 2.05) is 0 Å². The van der Waals surface area contributed by atoms with Crippen LogP contribution in [0.15, 0.2) is 0 Å². The van der Waals surface area contributed by atoms with Gasteiger partial charge in [-0.1, -0.05) is 0 Å². The van der Waals surface area contributed by atoms with Crippen molar-refractivity contribution in [3.8, 4) is 0 Å². The van der Waals surface area contributed by atoms with E-state index in [4.69, 9.17) is 0 Å². The Hall–Kier alpha value is 4.19. The van der Waals surface area contributed by atoms with Gasteiger partial charge in [0.1, 0.15) is 0 Å². The molecule has 0 amide bonds. The maximum absolute atomic E-state index is 0. The third kappa shape index (κ3) is 38.9. The van der Waals surface area contributed by atoms with E-state index in [-0.39, 0.29) is 153 Å². The normalized spacial score (nSPS) is 0. The first-order valence-corrected chi connectivity index (χ1v) is 0. The molecule has 0 N–H and O–H groups in total. The van der Waals surface area contributed by atoms with E-state index in [0.717, 1.165) is 0 Å². The minimum Gasteiger partial charge on any atom is -2.00 e. The van der Waals surface area contributed by atoms with E-state index in [9.17, 15) is 0 Å². The van der Waals surface area contributed by atoms with E-state index >= 15 is 0 Å². The molecule has 0 aromatic rings. The second-order valence-electron chi connectivity index (χ2n) is 0. The second kappa shape index (κ2) is 49.0. The zero-order valence-electron chi connectivity index (χ0n) is 1.93. The smallest absolute Gasteiger partial charge is 2.00 e. The first-order valence-electron chi connectivity index (χ1n) is 0. The van der Waals surface area contributed by atoms with Gasteiger partial charge in [-0.3, -0.25) is 0 Å². The van der Waals surface area contributed by atoms with Crippen LogP contribution < -0.4 is 0 Å². The van der Waals surface area contributed by atoms with Crippen LogP contribution in [0.2, 0.25) is 0 Å². The SMILES string of the molecule is [Fe+3].[Fe+3].[KH].[KH].[O-2].[O-2].[O-2]. The third-order valence-corrected chi connectivity index (χ3v) is 0. The largest absolute Gasteiger partial charge is 2.00 e. The Morgan fingerprint density at radius 2 is 0.429 bits per heavy atom. The van der Waals surface area contributed by atoms with Crippen molar-refractivity contribution in [3.05, 3.63) is 0 Å². The quantitative estimate of drug-likeness (QED) is 0.454. The fourth-order valence-corrected chi connectivity index (χ4v) is 0. The minimum absolute atomic E-state index is 0. The Morgan fingerprint density at radius 3 is 0.429 bits per heavy atom. The standard InChI is InChI=1S/2Fe.2K.3O.2H/q2*+3;;;3*-2;;. The molecule has 0 spiro atoms. The molecular weight excluding hydrogens is 238 g/mol. The van der Waals surface area contributed by atoms with Crippen LogP contribution in [0.25, 0.3) is 0 Å². The molecule has 0 saturated heterocycles. The molecule has 0 saturated carbocycles. The summed E-state index contributed by atoms with van der Waals surface area (Å²) in [6, 6.07) is 0. The predicted octanol–water partition coefficient (Wildman–Crippen LogP) is -1.66. The van der Waals surface area contributed by atoms with E-state index in [0.29, 0.717) is 0 Å². The summed E-state index contributed by atoms with van der Waals surface area (Å²) in [7, 11) is 0. The van der Waals surface area contributed by atoms with Crippen molar-refractivity contribution in [2.24, 2.45) is 0 Å². The van der Waals surface area contributed by atoms with Gasteiger partial charge < -0.3 is 16.4 Å². The maximum atomic E-state index is 0. The van der Waals surface area contributed by atoms with E-state index < -0.39 is 0 Å². The van der Waals surface area contributed by atoms with Gasteiger partial charge in [0.2, 0.25) is 0 Å². The van der Waals surface area contributed by atoms with Gasteiger partial charge >= 0.3 is 137 Å². The molecule has 0 aromatic carbocycles. The van der Waals surface area contributed by atoms with Crippen molar-refractivity contribution in [3.63, 3.8) is 0 Å². The molecule has 7 heavy (non-hydrogen) atoms. The number of hydrogen-bond acceptors (Lipinski definition) is 0. The topological polar surface area (TPSA) is 85.5 Å². The molecule has 0 aromatic heterocycles. The summed E-state index contributed by atoms with van der Waals surface area (Å²) in [4.78, 5) is 0. The van der Waals surface area contributed by atoms with Gasteiger partial charge in [0.05, 0.1) is 0 Å². The van der Waals surface area contributed by atoms with Crippen LogP contribution in [0, 0.1) is 0 Å². The van der Waals surface area contributed by atoms with Crippen LogP contribution in [-0.2, 0) is 50.6 Å². The van der Waals surface area contributed by atoms with Crippen LogP contribution >= 0.6 is 0 Å². The van der Waals surface area contributed by atoms with E-state index in [1.54, 1.807) is 0 Å². The van der Waals surface area contributed by atoms with Crippen molar-refractivity contribution in [1.82, 2.24) is 0 Å². The Kier molecular flexibility index (Phi) is 463. The maximum Gasteiger partial charge on any atom is -2.00 e. The van der Waals surface area contributed by atoms with Crippen LogP contribution in [0.4, 0.5) is 0 Å². The molecule has 0 unspecified atom stereocenters. The van der Waals surface area contributed by atoms with Crippen molar-refractivity contribution < 1.29 is 50.6 Å². The molecule has 0 rings (SSSR count). The number of hydrogen-bond donors (Lipinski definition) is 0. The summed E-state index contributed by atoms with van der Waals surface area (Å²) >= 11 is 0. The molecule has 0 bridgehead atoms.